The number of hydrogen-bond donors (Lipinski definition) is 1. The summed E-state index contributed by atoms with van der Waals surface area (Å²) in [4.78, 5) is 12.2. The van der Waals surface area contributed by atoms with E-state index in [9.17, 15) is 13.6 Å². The second kappa shape index (κ2) is 6.20. The van der Waals surface area contributed by atoms with Gasteiger partial charge in [0.25, 0.3) is 5.91 Å². The lowest BCUT2D eigenvalue weighted by Gasteiger charge is -2.39. The van der Waals surface area contributed by atoms with Gasteiger partial charge < -0.3 is 5.32 Å². The van der Waals surface area contributed by atoms with Gasteiger partial charge in [0.2, 0.25) is 0 Å². The third kappa shape index (κ3) is 3.37. The molecule has 2 rings (SSSR count). The highest BCUT2D eigenvalue weighted by Crippen LogP contribution is 2.33. The van der Waals surface area contributed by atoms with Crippen molar-refractivity contribution < 1.29 is 13.6 Å². The van der Waals surface area contributed by atoms with Crippen LogP contribution in [0.15, 0.2) is 18.2 Å². The average Bonchev–Trinajstić information content (AvgIpc) is 2.41. The Morgan fingerprint density at radius 3 is 2.80 bits per heavy atom. The molecule has 1 fully saturated rings. The van der Waals surface area contributed by atoms with E-state index in [2.05, 4.69) is 28.2 Å². The quantitative estimate of drug-likeness (QED) is 0.823. The van der Waals surface area contributed by atoms with Crippen LogP contribution in [0, 0.1) is 17.6 Å². The van der Waals surface area contributed by atoms with E-state index in [0.29, 0.717) is 11.2 Å². The molecular weight excluding hydrogens is 328 g/mol. The average molecular weight is 346 g/mol. The van der Waals surface area contributed by atoms with Gasteiger partial charge in [0.15, 0.2) is 11.6 Å². The molecule has 1 aliphatic rings. The van der Waals surface area contributed by atoms with E-state index in [1.807, 2.05) is 0 Å². The van der Waals surface area contributed by atoms with Crippen LogP contribution in [-0.2, 0) is 0 Å². The van der Waals surface area contributed by atoms with Gasteiger partial charge in [0.05, 0.1) is 5.54 Å². The van der Waals surface area contributed by atoms with Crippen LogP contribution in [0.4, 0.5) is 8.78 Å². The highest BCUT2D eigenvalue weighted by molar-refractivity contribution is 9.09. The molecule has 2 atom stereocenters. The molecule has 0 aromatic heterocycles. The lowest BCUT2D eigenvalue weighted by Crippen LogP contribution is -2.52. The summed E-state index contributed by atoms with van der Waals surface area (Å²) in [6.45, 7) is 2.17. The summed E-state index contributed by atoms with van der Waals surface area (Å²) in [5, 5.41) is 3.67. The number of halogens is 3. The summed E-state index contributed by atoms with van der Waals surface area (Å²) < 4.78 is 26.1. The van der Waals surface area contributed by atoms with Gasteiger partial charge in [-0.1, -0.05) is 35.7 Å². The minimum Gasteiger partial charge on any atom is -0.346 e. The van der Waals surface area contributed by atoms with Crippen LogP contribution in [0.1, 0.15) is 43.0 Å². The van der Waals surface area contributed by atoms with E-state index in [-0.39, 0.29) is 17.0 Å². The first-order chi connectivity index (χ1) is 9.46. The highest BCUT2D eigenvalue weighted by atomic mass is 79.9. The molecule has 1 aromatic carbocycles. The van der Waals surface area contributed by atoms with Crippen molar-refractivity contribution in [3.05, 3.63) is 35.4 Å². The van der Waals surface area contributed by atoms with Gasteiger partial charge in [0, 0.05) is 10.9 Å². The molecule has 1 aliphatic carbocycles. The van der Waals surface area contributed by atoms with Crippen molar-refractivity contribution in [2.75, 3.05) is 5.33 Å². The predicted octanol–water partition coefficient (Wildman–Crippen LogP) is 4.04. The topological polar surface area (TPSA) is 29.1 Å². The van der Waals surface area contributed by atoms with Crippen LogP contribution in [0.5, 0.6) is 0 Å². The van der Waals surface area contributed by atoms with Gasteiger partial charge in [0.1, 0.15) is 0 Å². The summed E-state index contributed by atoms with van der Waals surface area (Å²) in [5.41, 5.74) is -0.137. The van der Waals surface area contributed by atoms with Crippen molar-refractivity contribution in [2.24, 2.45) is 5.92 Å². The molecule has 0 bridgehead atoms. The first-order valence-electron chi connectivity index (χ1n) is 6.79. The molecule has 2 unspecified atom stereocenters. The Morgan fingerprint density at radius 1 is 1.45 bits per heavy atom. The van der Waals surface area contributed by atoms with E-state index in [1.54, 1.807) is 0 Å². The van der Waals surface area contributed by atoms with E-state index in [4.69, 9.17) is 0 Å². The largest absolute Gasteiger partial charge is 0.346 e. The fourth-order valence-corrected chi connectivity index (χ4v) is 3.53. The molecule has 1 N–H and O–H groups in total. The Balaban J connectivity index is 2.14. The molecule has 0 radical (unpaired) electrons. The van der Waals surface area contributed by atoms with E-state index in [1.165, 1.54) is 6.07 Å². The van der Waals surface area contributed by atoms with E-state index in [0.717, 1.165) is 37.8 Å². The number of nitrogens with one attached hydrogen (secondary N) is 1. The molecule has 0 heterocycles. The smallest absolute Gasteiger partial charge is 0.251 e. The van der Waals surface area contributed by atoms with Crippen LogP contribution in [0.3, 0.4) is 0 Å². The molecule has 1 aromatic rings. The molecular formula is C15H18BrF2NO. The normalized spacial score (nSPS) is 26.3. The summed E-state index contributed by atoms with van der Waals surface area (Å²) in [6.07, 6.45) is 4.02. The van der Waals surface area contributed by atoms with Crippen molar-refractivity contribution in [2.45, 2.75) is 38.1 Å². The van der Waals surface area contributed by atoms with Gasteiger partial charge in [-0.3, -0.25) is 4.79 Å². The Bertz CT molecular complexity index is 509. The fourth-order valence-electron chi connectivity index (χ4n) is 2.88. The molecule has 0 spiro atoms. The third-order valence-corrected chi connectivity index (χ3v) is 4.98. The number of hydrogen-bond acceptors (Lipinski definition) is 1. The molecule has 1 saturated carbocycles. The van der Waals surface area contributed by atoms with E-state index < -0.39 is 11.6 Å². The number of amides is 1. The maximum absolute atomic E-state index is 13.2. The van der Waals surface area contributed by atoms with Gasteiger partial charge in [-0.05, 0) is 37.0 Å². The first-order valence-corrected chi connectivity index (χ1v) is 7.91. The zero-order chi connectivity index (χ0) is 14.8. The Hall–Kier alpha value is -0.970. The number of alkyl halides is 1. The molecule has 20 heavy (non-hydrogen) atoms. The summed E-state index contributed by atoms with van der Waals surface area (Å²) >= 11 is 3.47. The van der Waals surface area contributed by atoms with Crippen molar-refractivity contribution >= 4 is 21.8 Å². The summed E-state index contributed by atoms with van der Waals surface area (Å²) in [6, 6.07) is 3.23. The van der Waals surface area contributed by atoms with Crippen LogP contribution < -0.4 is 5.32 Å². The molecule has 0 aliphatic heterocycles. The minimum atomic E-state index is -0.998. The Morgan fingerprint density at radius 2 is 2.20 bits per heavy atom. The zero-order valence-corrected chi connectivity index (χ0v) is 13.0. The predicted molar refractivity (Wildman–Crippen MR) is 78.0 cm³/mol. The van der Waals surface area contributed by atoms with Crippen LogP contribution in [0.2, 0.25) is 0 Å². The van der Waals surface area contributed by atoms with Crippen molar-refractivity contribution in [3.8, 4) is 0 Å². The van der Waals surface area contributed by atoms with Crippen molar-refractivity contribution in [3.63, 3.8) is 0 Å². The van der Waals surface area contributed by atoms with Crippen molar-refractivity contribution in [1.29, 1.82) is 0 Å². The monoisotopic (exact) mass is 345 g/mol. The molecule has 0 saturated heterocycles. The Labute approximate surface area is 126 Å². The van der Waals surface area contributed by atoms with Gasteiger partial charge >= 0.3 is 0 Å². The lowest BCUT2D eigenvalue weighted by atomic mass is 9.77. The SMILES string of the molecule is CC1CCCC(CBr)(NC(=O)c2ccc(F)c(F)c2)C1. The molecule has 2 nitrogen and oxygen atoms in total. The van der Waals surface area contributed by atoms with Gasteiger partial charge in [-0.15, -0.1) is 0 Å². The van der Waals surface area contributed by atoms with Crippen LogP contribution in [0.25, 0.3) is 0 Å². The third-order valence-electron chi connectivity index (χ3n) is 3.91. The minimum absolute atomic E-state index is 0.155. The summed E-state index contributed by atoms with van der Waals surface area (Å²) in [5.74, 6) is -1.74. The lowest BCUT2D eigenvalue weighted by molar-refractivity contribution is 0.0869. The van der Waals surface area contributed by atoms with Crippen LogP contribution >= 0.6 is 15.9 Å². The second-order valence-corrected chi connectivity index (χ2v) is 6.26. The first kappa shape index (κ1) is 15.4. The van der Waals surface area contributed by atoms with Crippen LogP contribution in [-0.4, -0.2) is 16.8 Å². The maximum Gasteiger partial charge on any atom is 0.251 e. The van der Waals surface area contributed by atoms with Crippen molar-refractivity contribution in [1.82, 2.24) is 5.32 Å². The molecule has 5 heteroatoms. The number of benzene rings is 1. The second-order valence-electron chi connectivity index (χ2n) is 5.70. The fraction of sp³-hybridized carbons (Fsp3) is 0.533. The van der Waals surface area contributed by atoms with Gasteiger partial charge in [-0.2, -0.15) is 0 Å². The number of carbonyl (C=O) groups is 1. The van der Waals surface area contributed by atoms with E-state index >= 15 is 0 Å². The Kier molecular flexibility index (Phi) is 4.78. The number of rotatable bonds is 3. The standard InChI is InChI=1S/C15H18BrF2NO/c1-10-3-2-6-15(8-10,9-16)19-14(20)11-4-5-12(17)13(18)7-11/h4-5,7,10H,2-3,6,8-9H2,1H3,(H,19,20). The zero-order valence-electron chi connectivity index (χ0n) is 11.4. The number of carbonyl (C=O) groups excluding carboxylic acids is 1. The summed E-state index contributed by atoms with van der Waals surface area (Å²) in [7, 11) is 0. The maximum atomic E-state index is 13.2. The highest BCUT2D eigenvalue weighted by Gasteiger charge is 2.35. The van der Waals surface area contributed by atoms with Gasteiger partial charge in [-0.25, -0.2) is 8.78 Å². The molecule has 1 amide bonds. The molecule has 110 valence electrons.